The number of aryl methyl sites for hydroxylation is 1. The Bertz CT molecular complexity index is 474. The number of nitrogens with one attached hydrogen (secondary N) is 1. The average molecular weight is 290 g/mol. The van der Waals surface area contributed by atoms with Crippen LogP contribution >= 0.6 is 0 Å². The predicted octanol–water partition coefficient (Wildman–Crippen LogP) is 1.96. The van der Waals surface area contributed by atoms with E-state index in [1.807, 2.05) is 6.07 Å². The highest BCUT2D eigenvalue weighted by molar-refractivity contribution is 5.36. The lowest BCUT2D eigenvalue weighted by Gasteiger charge is -2.33. The summed E-state index contributed by atoms with van der Waals surface area (Å²) in [6, 6.07) is 7.19. The molecule has 2 fully saturated rings. The van der Waals surface area contributed by atoms with Gasteiger partial charge in [-0.05, 0) is 37.0 Å². The Morgan fingerprint density at radius 3 is 2.95 bits per heavy atom. The van der Waals surface area contributed by atoms with Gasteiger partial charge < -0.3 is 14.8 Å². The fourth-order valence-electron chi connectivity index (χ4n) is 3.06. The van der Waals surface area contributed by atoms with E-state index in [0.717, 1.165) is 44.6 Å². The second-order valence-electron chi connectivity index (χ2n) is 6.15. The van der Waals surface area contributed by atoms with E-state index in [2.05, 4.69) is 29.3 Å². The summed E-state index contributed by atoms with van der Waals surface area (Å²) in [5.74, 6) is 0.953. The number of ether oxygens (including phenoxy) is 2. The lowest BCUT2D eigenvalue weighted by molar-refractivity contribution is -0.0301. The molecule has 1 saturated heterocycles. The fraction of sp³-hybridized carbons (Fsp3) is 0.647. The molecule has 4 nitrogen and oxygen atoms in total. The first kappa shape index (κ1) is 14.8. The van der Waals surface area contributed by atoms with Gasteiger partial charge in [0.15, 0.2) is 0 Å². The minimum atomic E-state index is 0.332. The van der Waals surface area contributed by atoms with E-state index in [1.165, 1.54) is 24.0 Å². The smallest absolute Gasteiger partial charge is 0.121 e. The maximum absolute atomic E-state index is 5.86. The molecule has 0 unspecified atom stereocenters. The number of nitrogens with zero attached hydrogens (tertiary/aromatic N) is 1. The Kier molecular flexibility index (Phi) is 4.78. The molecular weight excluding hydrogens is 264 g/mol. The van der Waals surface area contributed by atoms with Crippen molar-refractivity contribution in [3.63, 3.8) is 0 Å². The molecule has 1 saturated carbocycles. The van der Waals surface area contributed by atoms with Crippen molar-refractivity contribution in [3.8, 4) is 5.75 Å². The SMILES string of the molecule is COc1ccc(CNC[C@H]2CN(C3CC3)CCO2)cc1C. The van der Waals surface area contributed by atoms with Gasteiger partial charge in [-0.15, -0.1) is 0 Å². The maximum Gasteiger partial charge on any atom is 0.121 e. The van der Waals surface area contributed by atoms with Crippen molar-refractivity contribution >= 4 is 0 Å². The van der Waals surface area contributed by atoms with Gasteiger partial charge >= 0.3 is 0 Å². The van der Waals surface area contributed by atoms with Crippen molar-refractivity contribution < 1.29 is 9.47 Å². The van der Waals surface area contributed by atoms with E-state index in [1.54, 1.807) is 7.11 Å². The van der Waals surface area contributed by atoms with Gasteiger partial charge in [0.1, 0.15) is 5.75 Å². The molecule has 1 atom stereocenters. The first-order chi connectivity index (χ1) is 10.3. The van der Waals surface area contributed by atoms with E-state index in [0.29, 0.717) is 6.10 Å². The molecule has 1 heterocycles. The maximum atomic E-state index is 5.86. The zero-order chi connectivity index (χ0) is 14.7. The Hall–Kier alpha value is -1.10. The third-order valence-corrected chi connectivity index (χ3v) is 4.39. The zero-order valence-corrected chi connectivity index (χ0v) is 13.1. The molecule has 1 N–H and O–H groups in total. The topological polar surface area (TPSA) is 33.7 Å². The summed E-state index contributed by atoms with van der Waals surface area (Å²) in [5, 5.41) is 3.52. The number of methoxy groups -OCH3 is 1. The molecule has 0 radical (unpaired) electrons. The lowest BCUT2D eigenvalue weighted by atomic mass is 10.1. The van der Waals surface area contributed by atoms with Crippen LogP contribution in [0.3, 0.4) is 0 Å². The highest BCUT2D eigenvalue weighted by Gasteiger charge is 2.32. The van der Waals surface area contributed by atoms with Crippen LogP contribution in [0, 0.1) is 6.92 Å². The van der Waals surface area contributed by atoms with Crippen LogP contribution in [0.2, 0.25) is 0 Å². The van der Waals surface area contributed by atoms with E-state index in [4.69, 9.17) is 9.47 Å². The van der Waals surface area contributed by atoms with Crippen LogP contribution in [-0.2, 0) is 11.3 Å². The van der Waals surface area contributed by atoms with Crippen LogP contribution in [0.15, 0.2) is 18.2 Å². The Morgan fingerprint density at radius 2 is 2.24 bits per heavy atom. The van der Waals surface area contributed by atoms with Gasteiger partial charge in [0.05, 0.1) is 19.8 Å². The van der Waals surface area contributed by atoms with Gasteiger partial charge in [0, 0.05) is 32.2 Å². The summed E-state index contributed by atoms with van der Waals surface area (Å²) < 4.78 is 11.2. The van der Waals surface area contributed by atoms with Crippen LogP contribution in [-0.4, -0.2) is 50.4 Å². The Morgan fingerprint density at radius 1 is 1.38 bits per heavy atom. The molecule has 4 heteroatoms. The molecule has 0 bridgehead atoms. The first-order valence-corrected chi connectivity index (χ1v) is 7.96. The van der Waals surface area contributed by atoms with E-state index < -0.39 is 0 Å². The molecule has 116 valence electrons. The van der Waals surface area contributed by atoms with Gasteiger partial charge in [-0.3, -0.25) is 4.90 Å². The first-order valence-electron chi connectivity index (χ1n) is 7.96. The van der Waals surface area contributed by atoms with Crippen molar-refractivity contribution in [2.24, 2.45) is 0 Å². The molecule has 1 aliphatic heterocycles. The summed E-state index contributed by atoms with van der Waals surface area (Å²) in [5.41, 5.74) is 2.48. The second kappa shape index (κ2) is 6.77. The third kappa shape index (κ3) is 3.96. The van der Waals surface area contributed by atoms with Crippen LogP contribution < -0.4 is 10.1 Å². The highest BCUT2D eigenvalue weighted by atomic mass is 16.5. The van der Waals surface area contributed by atoms with Gasteiger partial charge in [-0.2, -0.15) is 0 Å². The van der Waals surface area contributed by atoms with Crippen molar-refractivity contribution in [2.75, 3.05) is 33.4 Å². The summed E-state index contributed by atoms with van der Waals surface area (Å²) >= 11 is 0. The normalized spacial score (nSPS) is 23.2. The van der Waals surface area contributed by atoms with Crippen LogP contribution in [0.5, 0.6) is 5.75 Å². The number of benzene rings is 1. The Balaban J connectivity index is 1.44. The van der Waals surface area contributed by atoms with E-state index >= 15 is 0 Å². The van der Waals surface area contributed by atoms with Gasteiger partial charge in [0.2, 0.25) is 0 Å². The summed E-state index contributed by atoms with van der Waals surface area (Å²) in [6.07, 6.45) is 3.09. The standard InChI is InChI=1S/C17H26N2O2/c1-13-9-14(3-6-17(13)20-2)10-18-11-16-12-19(7-8-21-16)15-4-5-15/h3,6,9,15-16,18H,4-5,7-8,10-12H2,1-2H3/t16-/m0/s1. The molecule has 1 aliphatic carbocycles. The van der Waals surface area contributed by atoms with Crippen LogP contribution in [0.25, 0.3) is 0 Å². The summed E-state index contributed by atoms with van der Waals surface area (Å²) in [4.78, 5) is 2.59. The van der Waals surface area contributed by atoms with E-state index in [9.17, 15) is 0 Å². The van der Waals surface area contributed by atoms with Gasteiger partial charge in [0.25, 0.3) is 0 Å². The van der Waals surface area contributed by atoms with E-state index in [-0.39, 0.29) is 0 Å². The molecule has 0 aromatic heterocycles. The second-order valence-corrected chi connectivity index (χ2v) is 6.15. The van der Waals surface area contributed by atoms with Crippen molar-refractivity contribution in [3.05, 3.63) is 29.3 Å². The number of morpholine rings is 1. The minimum absolute atomic E-state index is 0.332. The highest BCUT2D eigenvalue weighted by Crippen LogP contribution is 2.28. The fourth-order valence-corrected chi connectivity index (χ4v) is 3.06. The zero-order valence-electron chi connectivity index (χ0n) is 13.1. The monoisotopic (exact) mass is 290 g/mol. The third-order valence-electron chi connectivity index (χ3n) is 4.39. The summed E-state index contributed by atoms with van der Waals surface area (Å²) in [7, 11) is 1.71. The minimum Gasteiger partial charge on any atom is -0.496 e. The molecule has 1 aromatic carbocycles. The lowest BCUT2D eigenvalue weighted by Crippen LogP contribution is -2.47. The predicted molar refractivity (Wildman–Crippen MR) is 83.8 cm³/mol. The molecule has 21 heavy (non-hydrogen) atoms. The number of hydrogen-bond acceptors (Lipinski definition) is 4. The quantitative estimate of drug-likeness (QED) is 0.868. The van der Waals surface area contributed by atoms with Gasteiger partial charge in [-0.1, -0.05) is 12.1 Å². The van der Waals surface area contributed by atoms with Crippen molar-refractivity contribution in [2.45, 2.75) is 38.5 Å². The molecule has 0 spiro atoms. The summed E-state index contributed by atoms with van der Waals surface area (Å²) in [6.45, 7) is 6.96. The van der Waals surface area contributed by atoms with Crippen LogP contribution in [0.4, 0.5) is 0 Å². The largest absolute Gasteiger partial charge is 0.496 e. The molecule has 2 aliphatic rings. The molecule has 1 aromatic rings. The molecule has 3 rings (SSSR count). The Labute approximate surface area is 127 Å². The average Bonchev–Trinajstić information content (AvgIpc) is 3.32. The van der Waals surface area contributed by atoms with Crippen LogP contribution in [0.1, 0.15) is 24.0 Å². The number of rotatable bonds is 6. The molecular formula is C17H26N2O2. The number of hydrogen-bond donors (Lipinski definition) is 1. The molecule has 0 amide bonds. The van der Waals surface area contributed by atoms with Crippen molar-refractivity contribution in [1.82, 2.24) is 10.2 Å². The van der Waals surface area contributed by atoms with Gasteiger partial charge in [-0.25, -0.2) is 0 Å². The van der Waals surface area contributed by atoms with Crippen molar-refractivity contribution in [1.29, 1.82) is 0 Å².